The number of fused-ring (bicyclic) bond motifs is 1. The van der Waals surface area contributed by atoms with Crippen molar-refractivity contribution in [2.75, 3.05) is 18.1 Å². The van der Waals surface area contributed by atoms with E-state index in [2.05, 4.69) is 15.3 Å². The zero-order valence-corrected chi connectivity index (χ0v) is 14.0. The summed E-state index contributed by atoms with van der Waals surface area (Å²) in [7, 11) is 0. The molecule has 2 aromatic carbocycles. The van der Waals surface area contributed by atoms with E-state index < -0.39 is 12.5 Å². The number of anilines is 1. The highest BCUT2D eigenvalue weighted by Crippen LogP contribution is 2.31. The van der Waals surface area contributed by atoms with E-state index in [1.165, 1.54) is 29.3 Å². The van der Waals surface area contributed by atoms with Gasteiger partial charge >= 0.3 is 6.61 Å². The van der Waals surface area contributed by atoms with Crippen molar-refractivity contribution in [2.45, 2.75) is 6.61 Å². The first-order valence-electron chi connectivity index (χ1n) is 7.92. The summed E-state index contributed by atoms with van der Waals surface area (Å²) in [6, 6.07) is 12.9. The fourth-order valence-corrected chi connectivity index (χ4v) is 2.47. The van der Waals surface area contributed by atoms with Crippen molar-refractivity contribution in [2.24, 2.45) is 5.10 Å². The Hall–Kier alpha value is -3.49. The van der Waals surface area contributed by atoms with Crippen LogP contribution in [-0.4, -0.2) is 37.8 Å². The number of carbonyl (C=O) groups excluding carboxylic acids is 2. The van der Waals surface area contributed by atoms with Crippen molar-refractivity contribution < 1.29 is 27.8 Å². The molecule has 27 heavy (non-hydrogen) atoms. The Kier molecular flexibility index (Phi) is 5.60. The molecular formula is C18H15F2N3O4. The molecule has 0 aromatic heterocycles. The van der Waals surface area contributed by atoms with Gasteiger partial charge in [-0.05, 0) is 24.3 Å². The molecule has 0 aliphatic carbocycles. The van der Waals surface area contributed by atoms with Gasteiger partial charge in [0, 0.05) is 5.56 Å². The van der Waals surface area contributed by atoms with Crippen molar-refractivity contribution in [3.8, 4) is 11.5 Å². The molecule has 0 unspecified atom stereocenters. The van der Waals surface area contributed by atoms with Crippen molar-refractivity contribution in [1.82, 2.24) is 5.43 Å². The van der Waals surface area contributed by atoms with Crippen molar-refractivity contribution in [3.63, 3.8) is 0 Å². The van der Waals surface area contributed by atoms with E-state index in [0.29, 0.717) is 11.4 Å². The predicted molar refractivity (Wildman–Crippen MR) is 93.1 cm³/mol. The van der Waals surface area contributed by atoms with Crippen LogP contribution in [0.15, 0.2) is 53.6 Å². The van der Waals surface area contributed by atoms with Gasteiger partial charge in [0.05, 0.1) is 11.9 Å². The van der Waals surface area contributed by atoms with Crippen LogP contribution < -0.4 is 19.8 Å². The molecule has 0 bridgehead atoms. The molecule has 7 nitrogen and oxygen atoms in total. The van der Waals surface area contributed by atoms with Gasteiger partial charge in [-0.3, -0.25) is 14.5 Å². The molecule has 2 amide bonds. The maximum Gasteiger partial charge on any atom is 0.387 e. The number of alkyl halides is 2. The topological polar surface area (TPSA) is 80.2 Å². The van der Waals surface area contributed by atoms with E-state index in [-0.39, 0.29) is 30.4 Å². The third-order valence-electron chi connectivity index (χ3n) is 3.64. The lowest BCUT2D eigenvalue weighted by Gasteiger charge is -2.28. The van der Waals surface area contributed by atoms with Gasteiger partial charge in [-0.2, -0.15) is 13.9 Å². The molecular weight excluding hydrogens is 360 g/mol. The number of nitrogens with one attached hydrogen (secondary N) is 1. The van der Waals surface area contributed by atoms with E-state index in [4.69, 9.17) is 4.74 Å². The number of amides is 2. The van der Waals surface area contributed by atoms with Gasteiger partial charge in [0.15, 0.2) is 6.61 Å². The van der Waals surface area contributed by atoms with E-state index in [9.17, 15) is 18.4 Å². The summed E-state index contributed by atoms with van der Waals surface area (Å²) in [4.78, 5) is 25.4. The second kappa shape index (κ2) is 8.26. The third kappa shape index (κ3) is 4.57. The Balaban J connectivity index is 1.64. The first-order valence-corrected chi connectivity index (χ1v) is 7.92. The van der Waals surface area contributed by atoms with Crippen LogP contribution in [0, 0.1) is 0 Å². The molecule has 1 aliphatic heterocycles. The molecule has 1 aliphatic rings. The number of rotatable bonds is 6. The van der Waals surface area contributed by atoms with Gasteiger partial charge < -0.3 is 9.47 Å². The molecule has 1 N–H and O–H groups in total. The average Bonchev–Trinajstić information content (AvgIpc) is 2.65. The van der Waals surface area contributed by atoms with Gasteiger partial charge in [-0.15, -0.1) is 0 Å². The lowest BCUT2D eigenvalue weighted by molar-refractivity contribution is -0.125. The van der Waals surface area contributed by atoms with E-state index in [1.54, 1.807) is 30.3 Å². The Morgan fingerprint density at radius 2 is 2.00 bits per heavy atom. The number of hydrogen-bond donors (Lipinski definition) is 1. The zero-order chi connectivity index (χ0) is 19.2. The van der Waals surface area contributed by atoms with Crippen molar-refractivity contribution >= 4 is 23.7 Å². The van der Waals surface area contributed by atoms with E-state index in [0.717, 1.165) is 0 Å². The molecule has 0 atom stereocenters. The summed E-state index contributed by atoms with van der Waals surface area (Å²) >= 11 is 0. The van der Waals surface area contributed by atoms with Crippen LogP contribution in [0.1, 0.15) is 5.56 Å². The molecule has 140 valence electrons. The normalized spacial score (nSPS) is 13.4. The summed E-state index contributed by atoms with van der Waals surface area (Å²) in [5.41, 5.74) is 3.02. The van der Waals surface area contributed by atoms with Gasteiger partial charge in [0.25, 0.3) is 11.8 Å². The maximum atomic E-state index is 12.4. The fourth-order valence-electron chi connectivity index (χ4n) is 2.47. The quantitative estimate of drug-likeness (QED) is 0.620. The number of halogens is 2. The number of ether oxygens (including phenoxy) is 2. The minimum atomic E-state index is -2.97. The summed E-state index contributed by atoms with van der Waals surface area (Å²) in [5, 5.41) is 3.74. The molecule has 0 fully saturated rings. The number of nitrogens with zero attached hydrogens (tertiary/aromatic N) is 2. The van der Waals surface area contributed by atoms with Crippen LogP contribution in [0.4, 0.5) is 14.5 Å². The molecule has 0 saturated carbocycles. The molecule has 1 heterocycles. The zero-order valence-electron chi connectivity index (χ0n) is 14.0. The smallest absolute Gasteiger partial charge is 0.387 e. The Morgan fingerprint density at radius 3 is 2.81 bits per heavy atom. The number of hydrazone groups is 1. The first-order chi connectivity index (χ1) is 13.0. The highest BCUT2D eigenvalue weighted by atomic mass is 19.3. The molecule has 9 heteroatoms. The standard InChI is InChI=1S/C18H15F2N3O4/c19-18(20)27-14-7-3-1-5-12(14)9-21-22-16(24)10-23-13-6-2-4-8-15(13)26-11-17(23)25/h1-9,18H,10-11H2,(H,22,24)/b21-9-. The molecule has 0 saturated heterocycles. The predicted octanol–water partition coefficient (Wildman–Crippen LogP) is 2.16. The molecule has 0 spiro atoms. The van der Waals surface area contributed by atoms with Crippen LogP contribution in [0.25, 0.3) is 0 Å². The second-order valence-corrected chi connectivity index (χ2v) is 5.45. The van der Waals surface area contributed by atoms with Gasteiger partial charge in [0.2, 0.25) is 0 Å². The molecule has 0 radical (unpaired) electrons. The van der Waals surface area contributed by atoms with E-state index >= 15 is 0 Å². The monoisotopic (exact) mass is 375 g/mol. The van der Waals surface area contributed by atoms with Crippen LogP contribution in [0.3, 0.4) is 0 Å². The van der Waals surface area contributed by atoms with Crippen LogP contribution >= 0.6 is 0 Å². The highest BCUT2D eigenvalue weighted by Gasteiger charge is 2.26. The highest BCUT2D eigenvalue weighted by molar-refractivity contribution is 6.02. The summed E-state index contributed by atoms with van der Waals surface area (Å²) in [5.74, 6) is -0.471. The minimum Gasteiger partial charge on any atom is -0.482 e. The van der Waals surface area contributed by atoms with Gasteiger partial charge in [-0.25, -0.2) is 5.43 Å². The summed E-state index contributed by atoms with van der Waals surface area (Å²) in [6.45, 7) is -3.39. The second-order valence-electron chi connectivity index (χ2n) is 5.45. The number of carbonyl (C=O) groups is 2. The van der Waals surface area contributed by atoms with Gasteiger partial charge in [-0.1, -0.05) is 24.3 Å². The Morgan fingerprint density at radius 1 is 1.26 bits per heavy atom. The SMILES string of the molecule is O=C(CN1C(=O)COc2ccccc21)N/N=C\c1ccccc1OC(F)F. The van der Waals surface area contributed by atoms with Crippen LogP contribution in [-0.2, 0) is 9.59 Å². The number of hydrogen-bond acceptors (Lipinski definition) is 5. The lowest BCUT2D eigenvalue weighted by atomic mass is 10.2. The van der Waals surface area contributed by atoms with E-state index in [1.807, 2.05) is 0 Å². The van der Waals surface area contributed by atoms with Gasteiger partial charge in [0.1, 0.15) is 18.0 Å². The van der Waals surface area contributed by atoms with Crippen LogP contribution in [0.5, 0.6) is 11.5 Å². The summed E-state index contributed by atoms with van der Waals surface area (Å²) < 4.78 is 34.4. The fraction of sp³-hybridized carbons (Fsp3) is 0.167. The average molecular weight is 375 g/mol. The van der Waals surface area contributed by atoms with Crippen molar-refractivity contribution in [3.05, 3.63) is 54.1 Å². The Bertz CT molecular complexity index is 873. The lowest BCUT2D eigenvalue weighted by Crippen LogP contribution is -2.44. The van der Waals surface area contributed by atoms with Crippen molar-refractivity contribution in [1.29, 1.82) is 0 Å². The molecule has 3 rings (SSSR count). The Labute approximate surface area is 153 Å². The summed E-state index contributed by atoms with van der Waals surface area (Å²) in [6.07, 6.45) is 1.19. The number of benzene rings is 2. The number of para-hydroxylation sites is 3. The largest absolute Gasteiger partial charge is 0.482 e. The van der Waals surface area contributed by atoms with Crippen LogP contribution in [0.2, 0.25) is 0 Å². The first kappa shape index (κ1) is 18.3. The third-order valence-corrected chi connectivity index (χ3v) is 3.64. The minimum absolute atomic E-state index is 0.0669. The maximum absolute atomic E-state index is 12.4. The molecule has 2 aromatic rings.